The second-order valence-corrected chi connectivity index (χ2v) is 44.3. The lowest BCUT2D eigenvalue weighted by Gasteiger charge is -2.41. The number of anilines is 6. The summed E-state index contributed by atoms with van der Waals surface area (Å²) in [6.45, 7) is 37.4. The summed E-state index contributed by atoms with van der Waals surface area (Å²) in [5.74, 6) is -3.90. The fourth-order valence-corrected chi connectivity index (χ4v) is 25.2. The van der Waals surface area contributed by atoms with Crippen molar-refractivity contribution >= 4 is 34.1 Å². The Kier molecular flexibility index (Phi) is 23.5. The van der Waals surface area contributed by atoms with Crippen LogP contribution in [0.15, 0.2) is 255 Å². The van der Waals surface area contributed by atoms with Crippen LogP contribution >= 0.6 is 0 Å². The van der Waals surface area contributed by atoms with E-state index >= 15 is 0 Å². The molecule has 0 N–H and O–H groups in total. The van der Waals surface area contributed by atoms with E-state index < -0.39 is 35.4 Å². The fraction of sp³-hybridized carbons (Fsp3) is 0.438. The summed E-state index contributed by atoms with van der Waals surface area (Å²) in [7, 11) is 0. The van der Waals surface area contributed by atoms with Crippen molar-refractivity contribution in [3.05, 3.63) is 322 Å². The van der Waals surface area contributed by atoms with Gasteiger partial charge < -0.3 is 14.7 Å². The lowest BCUT2D eigenvalue weighted by molar-refractivity contribution is 0.224. The highest BCUT2D eigenvalue weighted by atomic mass is 15.2. The van der Waals surface area contributed by atoms with Gasteiger partial charge in [0.05, 0.1) is 0 Å². The van der Waals surface area contributed by atoms with Crippen molar-refractivity contribution < 1.29 is 8.22 Å². The molecule has 131 heavy (non-hydrogen) atoms. The maximum atomic E-state index is 10.3. The van der Waals surface area contributed by atoms with E-state index in [1.807, 2.05) is 0 Å². The minimum absolute atomic E-state index is 0.121. The van der Waals surface area contributed by atoms with E-state index in [2.05, 4.69) is 380 Å². The van der Waals surface area contributed by atoms with E-state index in [1.54, 1.807) is 0 Å². The van der Waals surface area contributed by atoms with Gasteiger partial charge in [-0.05, 0) is 379 Å². The van der Waals surface area contributed by atoms with Crippen LogP contribution in [0.1, 0.15) is 388 Å². The monoisotopic (exact) mass is 1740 g/mol. The molecular weight excluding hydrogens is 1580 g/mol. The second-order valence-electron chi connectivity index (χ2n) is 44.3. The van der Waals surface area contributed by atoms with Crippen LogP contribution in [0.5, 0.6) is 0 Å². The third kappa shape index (κ3) is 17.3. The first-order valence-electron chi connectivity index (χ1n) is 54.1. The van der Waals surface area contributed by atoms with Crippen molar-refractivity contribution in [3.8, 4) is 66.8 Å². The van der Waals surface area contributed by atoms with Gasteiger partial charge in [0.1, 0.15) is 0 Å². The molecule has 0 heterocycles. The van der Waals surface area contributed by atoms with Crippen molar-refractivity contribution in [2.24, 2.45) is 10.8 Å². The smallest absolute Gasteiger partial charge is 0.0454 e. The highest BCUT2D eigenvalue weighted by molar-refractivity contribution is 5.91. The number of fused-ring (bicyclic) bond motifs is 9. The van der Waals surface area contributed by atoms with E-state index in [1.165, 1.54) is 135 Å². The minimum atomic E-state index is -0.704. The van der Waals surface area contributed by atoms with E-state index in [-0.39, 0.29) is 45.2 Å². The average Bonchev–Trinajstić information content (AvgIpc) is 1.60. The Labute approximate surface area is 798 Å². The highest BCUT2D eigenvalue weighted by Gasteiger charge is 2.45. The number of hydrogen-bond donors (Lipinski definition) is 0. The lowest BCUT2D eigenvalue weighted by Crippen LogP contribution is -2.30. The van der Waals surface area contributed by atoms with Crippen molar-refractivity contribution in [2.45, 2.75) is 347 Å². The summed E-state index contributed by atoms with van der Waals surface area (Å²) in [6.07, 6.45) is 26.0. The van der Waals surface area contributed by atoms with Gasteiger partial charge in [-0.25, -0.2) is 0 Å². The van der Waals surface area contributed by atoms with Gasteiger partial charge in [0, 0.05) is 76.7 Å². The molecule has 0 radical (unpaired) electrons. The van der Waals surface area contributed by atoms with Crippen molar-refractivity contribution in [1.29, 1.82) is 0 Å². The molecule has 0 spiro atoms. The SMILES string of the molecule is [2H]C1(c2cc3c(cc2N(c2cccc(-c4ccccc4)c2C2([2H])CCC(C)(C)CC2)C(C)C)C(C)(C)c2ccccc2-3)CCC(C)(C)CC1.[2H]C1(c2cc3c(cc2N(c2cccc(-c4ccccc4)c2C2([2H])CCCC2)C(C)C)C(C)(C)c2ccccc2-3)CCCC1.[2H]C1(c2cc3c(cc2N(c2cccc(-c4ccccc4)c2C2([2H])CCCCC2)C(C)C)C(C)(C)c2ccccc2-3)CCCCC1. The first-order valence-corrected chi connectivity index (χ1v) is 51.1. The molecule has 6 fully saturated rings. The molecule has 12 aromatic carbocycles. The summed E-state index contributed by atoms with van der Waals surface area (Å²) in [6, 6.07) is 94.1. The van der Waals surface area contributed by atoms with Gasteiger partial charge in [-0.1, -0.05) is 334 Å². The first kappa shape index (κ1) is 82.9. The van der Waals surface area contributed by atoms with Crippen molar-refractivity contribution in [2.75, 3.05) is 14.7 Å². The van der Waals surface area contributed by atoms with E-state index in [0.29, 0.717) is 0 Å². The highest BCUT2D eigenvalue weighted by Crippen LogP contribution is 2.61. The number of benzene rings is 12. The lowest BCUT2D eigenvalue weighted by atomic mass is 9.69. The Morgan fingerprint density at radius 3 is 0.733 bits per heavy atom. The summed E-state index contributed by atoms with van der Waals surface area (Å²) in [5.41, 5.74) is 37.1. The van der Waals surface area contributed by atoms with E-state index in [0.717, 1.165) is 199 Å². The Morgan fingerprint density at radius 1 is 0.221 bits per heavy atom. The molecule has 3 nitrogen and oxygen atoms in total. The molecule has 678 valence electrons. The van der Waals surface area contributed by atoms with Crippen LogP contribution in [0, 0.1) is 10.8 Å². The number of nitrogens with zero attached hydrogens (tertiary/aromatic N) is 3. The zero-order valence-electron chi connectivity index (χ0n) is 88.2. The molecular formula is C128H151N3. The molecule has 0 atom stereocenters. The molecule has 6 saturated carbocycles. The van der Waals surface area contributed by atoms with Crippen LogP contribution in [0.2, 0.25) is 0 Å². The maximum absolute atomic E-state index is 10.3. The molecule has 9 aliphatic rings. The largest absolute Gasteiger partial charge is 0.338 e. The molecule has 0 aliphatic heterocycles. The summed E-state index contributed by atoms with van der Waals surface area (Å²) in [4.78, 5) is 7.59. The molecule has 0 aromatic heterocycles. The first-order chi connectivity index (χ1) is 65.3. The topological polar surface area (TPSA) is 9.72 Å². The summed E-state index contributed by atoms with van der Waals surface area (Å²) in [5, 5.41) is 0. The third-order valence-electron chi connectivity index (χ3n) is 32.5. The van der Waals surface area contributed by atoms with Gasteiger partial charge in [0.2, 0.25) is 0 Å². The van der Waals surface area contributed by atoms with Crippen molar-refractivity contribution in [3.63, 3.8) is 0 Å². The second kappa shape index (κ2) is 37.1. The zero-order chi connectivity index (χ0) is 96.4. The predicted octanol–water partition coefficient (Wildman–Crippen LogP) is 37.4. The Morgan fingerprint density at radius 2 is 0.450 bits per heavy atom. The van der Waals surface area contributed by atoms with Gasteiger partial charge in [0.15, 0.2) is 0 Å². The Bertz CT molecular complexity index is 6420. The molecule has 12 aromatic rings. The molecule has 0 bridgehead atoms. The zero-order valence-corrected chi connectivity index (χ0v) is 82.2. The van der Waals surface area contributed by atoms with Crippen LogP contribution in [-0.4, -0.2) is 18.1 Å². The third-order valence-corrected chi connectivity index (χ3v) is 32.5. The maximum Gasteiger partial charge on any atom is 0.0454 e. The average molecular weight is 1740 g/mol. The van der Waals surface area contributed by atoms with Gasteiger partial charge in [-0.15, -0.1) is 0 Å². The van der Waals surface area contributed by atoms with Crippen LogP contribution in [0.25, 0.3) is 66.8 Å². The van der Waals surface area contributed by atoms with Gasteiger partial charge in [0.25, 0.3) is 0 Å². The van der Waals surface area contributed by atoms with Crippen LogP contribution in [0.3, 0.4) is 0 Å². The van der Waals surface area contributed by atoms with Crippen LogP contribution in [0.4, 0.5) is 34.1 Å². The quantitative estimate of drug-likeness (QED) is 0.0848. The standard InChI is InChI=1S/C46H57N.C42H49N.C40H45N/c1-31(2)47(41-20-14-18-35(32-15-10-9-11-16-32)43(41)34-23-27-45(5,6)28-24-34)42-30-40-38(36-17-12-13-19-39(36)46(40,7)8)29-37(42)33-21-25-44(3,4)26-22-33;1-29(2)43(39-26-16-24-33(30-17-8-5-9-18-30)41(39)32-21-12-7-13-22-32)40-28-38-36(27-35(40)31-19-10-6-11-20-31)34-23-14-15-25-37(34)42(38,3)4;1-27(2)41(37-24-14-22-31(28-15-6-5-7-16-28)39(37)30-19-10-11-20-30)38-26-36-34(25-33(38)29-17-8-9-18-29)32-21-12-13-23-35(32)40(36,3)4/h9-20,29-31,33-34H,21-28H2,1-8H3;5,8-9,14-18,23-29,31-32H,6-7,10-13,19-22H2,1-4H3;5-7,12-16,21-27,29-30H,8-11,17-20H2,1-4H3/i33D,34D;31D,32D;29D,30D. The normalized spacial score (nSPS) is 21.1. The van der Waals surface area contributed by atoms with Crippen LogP contribution < -0.4 is 14.7 Å². The summed E-state index contributed by atoms with van der Waals surface area (Å²) >= 11 is 0. The molecule has 0 saturated heterocycles. The Hall–Kier alpha value is -9.96. The van der Waals surface area contributed by atoms with Crippen molar-refractivity contribution in [1.82, 2.24) is 0 Å². The summed E-state index contributed by atoms with van der Waals surface area (Å²) < 4.78 is 60.5. The van der Waals surface area contributed by atoms with Gasteiger partial charge >= 0.3 is 0 Å². The molecule has 0 amide bonds. The van der Waals surface area contributed by atoms with E-state index in [4.69, 9.17) is 0 Å². The van der Waals surface area contributed by atoms with Gasteiger partial charge in [-0.2, -0.15) is 0 Å². The molecule has 9 aliphatic carbocycles. The van der Waals surface area contributed by atoms with E-state index in [9.17, 15) is 8.22 Å². The van der Waals surface area contributed by atoms with Crippen LogP contribution in [-0.2, 0) is 16.2 Å². The fourth-order valence-electron chi connectivity index (χ4n) is 25.2. The molecule has 21 rings (SSSR count). The minimum Gasteiger partial charge on any atom is -0.338 e. The van der Waals surface area contributed by atoms with Gasteiger partial charge in [-0.3, -0.25) is 0 Å². The molecule has 3 heteroatoms. The Balaban J connectivity index is 0.000000132. The number of hydrogen-bond acceptors (Lipinski definition) is 3. The predicted molar refractivity (Wildman–Crippen MR) is 564 cm³/mol. The number of rotatable bonds is 18. The molecule has 0 unspecified atom stereocenters.